The van der Waals surface area contributed by atoms with Crippen LogP contribution in [0, 0.1) is 0 Å². The van der Waals surface area contributed by atoms with Crippen LogP contribution in [-0.4, -0.2) is 4.57 Å². The van der Waals surface area contributed by atoms with Gasteiger partial charge < -0.3 is 13.9 Å². The van der Waals surface area contributed by atoms with Crippen LogP contribution in [-0.2, 0) is 10.8 Å². The van der Waals surface area contributed by atoms with Gasteiger partial charge in [0.05, 0.1) is 27.8 Å². The third kappa shape index (κ3) is 4.96. The zero-order valence-corrected chi connectivity index (χ0v) is 35.8. The van der Waals surface area contributed by atoms with Gasteiger partial charge in [0.2, 0.25) is 0 Å². The van der Waals surface area contributed by atoms with Gasteiger partial charge in [-0.2, -0.15) is 0 Å². The molecule has 0 aliphatic heterocycles. The molecule has 0 N–H and O–H groups in total. The summed E-state index contributed by atoms with van der Waals surface area (Å²) in [4.78, 5) is 2.53. The maximum atomic E-state index is 6.62. The number of hydrogen-bond donors (Lipinski definition) is 0. The highest BCUT2D eigenvalue weighted by atomic mass is 16.3. The quantitative estimate of drug-likeness (QED) is 0.173. The van der Waals surface area contributed by atoms with Crippen molar-refractivity contribution in [2.24, 2.45) is 0 Å². The van der Waals surface area contributed by atoms with E-state index in [4.69, 9.17) is 4.42 Å². The molecule has 0 fully saturated rings. The van der Waals surface area contributed by atoms with Crippen LogP contribution in [0.1, 0.15) is 49.9 Å². The van der Waals surface area contributed by atoms with E-state index in [1.54, 1.807) is 0 Å². The molecule has 300 valence electrons. The van der Waals surface area contributed by atoms with E-state index in [9.17, 15) is 0 Å². The number of hydrogen-bond acceptors (Lipinski definition) is 2. The van der Waals surface area contributed by atoms with E-state index in [1.165, 1.54) is 55.3 Å². The molecule has 63 heavy (non-hydrogen) atoms. The van der Waals surface area contributed by atoms with E-state index in [2.05, 4.69) is 231 Å². The molecule has 0 saturated carbocycles. The van der Waals surface area contributed by atoms with Crippen molar-refractivity contribution in [2.45, 2.75) is 38.5 Å². The molecular weight excluding hydrogens is 765 g/mol. The molecule has 2 aromatic heterocycles. The van der Waals surface area contributed by atoms with Gasteiger partial charge in [-0.15, -0.1) is 0 Å². The predicted molar refractivity (Wildman–Crippen MR) is 263 cm³/mol. The number of aromatic nitrogens is 1. The van der Waals surface area contributed by atoms with E-state index in [0.717, 1.165) is 66.8 Å². The Morgan fingerprint density at radius 3 is 1.62 bits per heavy atom. The summed E-state index contributed by atoms with van der Waals surface area (Å²) in [6, 6.07) is 71.6. The molecule has 0 saturated heterocycles. The third-order valence-electron chi connectivity index (χ3n) is 14.4. The lowest BCUT2D eigenvalue weighted by Gasteiger charge is -2.30. The Balaban J connectivity index is 1.13. The molecule has 0 unspecified atom stereocenters. The lowest BCUT2D eigenvalue weighted by Crippen LogP contribution is -2.18. The number of anilines is 3. The van der Waals surface area contributed by atoms with Gasteiger partial charge >= 0.3 is 0 Å². The van der Waals surface area contributed by atoms with Crippen molar-refractivity contribution in [3.05, 3.63) is 216 Å². The minimum atomic E-state index is -0.156. The van der Waals surface area contributed by atoms with Crippen LogP contribution >= 0.6 is 0 Å². The van der Waals surface area contributed by atoms with E-state index in [0.29, 0.717) is 0 Å². The highest BCUT2D eigenvalue weighted by molar-refractivity contribution is 6.20. The average Bonchev–Trinajstić information content (AvgIpc) is 4.00. The molecule has 2 heterocycles. The fourth-order valence-corrected chi connectivity index (χ4v) is 11.4. The minimum absolute atomic E-state index is 0.156. The molecule has 2 aliphatic carbocycles. The Hall–Kier alpha value is -7.62. The van der Waals surface area contributed by atoms with Gasteiger partial charge in [0.1, 0.15) is 11.2 Å². The van der Waals surface area contributed by atoms with Crippen LogP contribution in [0.15, 0.2) is 199 Å². The molecule has 13 rings (SSSR count). The third-order valence-corrected chi connectivity index (χ3v) is 14.4. The molecule has 0 amide bonds. The summed E-state index contributed by atoms with van der Waals surface area (Å²) in [5.41, 5.74) is 21.3. The highest BCUT2D eigenvalue weighted by Crippen LogP contribution is 2.54. The lowest BCUT2D eigenvalue weighted by atomic mass is 9.82. The van der Waals surface area contributed by atoms with Gasteiger partial charge in [-0.25, -0.2) is 0 Å². The summed E-state index contributed by atoms with van der Waals surface area (Å²) >= 11 is 0. The van der Waals surface area contributed by atoms with Crippen LogP contribution in [0.25, 0.3) is 82.8 Å². The van der Waals surface area contributed by atoms with Crippen molar-refractivity contribution in [3.63, 3.8) is 0 Å². The Morgan fingerprint density at radius 1 is 0.397 bits per heavy atom. The van der Waals surface area contributed by atoms with Crippen LogP contribution in [0.3, 0.4) is 0 Å². The first-order chi connectivity index (χ1) is 30.8. The van der Waals surface area contributed by atoms with Gasteiger partial charge in [-0.1, -0.05) is 161 Å². The number of fused-ring (bicyclic) bond motifs is 12. The van der Waals surface area contributed by atoms with Gasteiger partial charge in [0.15, 0.2) is 0 Å². The van der Waals surface area contributed by atoms with Crippen LogP contribution in [0.4, 0.5) is 17.1 Å². The SMILES string of the molecule is CC1(C)c2ccccc2-c2ccc(N(c3ccc4c(c3)C(C)(C)c3ccccc3-4)c3cccc4c3c3ccccc3n4-c3c(-c4ccccc4)ccc4oc5ccccc5c34)cc21. The van der Waals surface area contributed by atoms with Crippen molar-refractivity contribution < 1.29 is 4.42 Å². The molecule has 0 bridgehead atoms. The molecule has 11 aromatic rings. The van der Waals surface area contributed by atoms with E-state index in [-0.39, 0.29) is 10.8 Å². The molecule has 3 heteroatoms. The number of furan rings is 1. The number of nitrogens with zero attached hydrogens (tertiary/aromatic N) is 2. The second kappa shape index (κ2) is 13.0. The Morgan fingerprint density at radius 2 is 0.937 bits per heavy atom. The molecule has 0 radical (unpaired) electrons. The largest absolute Gasteiger partial charge is 0.456 e. The second-order valence-electron chi connectivity index (χ2n) is 18.5. The Labute approximate surface area is 367 Å². The first kappa shape index (κ1) is 36.1. The normalized spacial score (nSPS) is 14.3. The predicted octanol–water partition coefficient (Wildman–Crippen LogP) is 16.4. The summed E-state index contributed by atoms with van der Waals surface area (Å²) in [7, 11) is 0. The van der Waals surface area contributed by atoms with Crippen molar-refractivity contribution in [1.82, 2.24) is 4.57 Å². The van der Waals surface area contributed by atoms with E-state index in [1.807, 2.05) is 0 Å². The van der Waals surface area contributed by atoms with Crippen molar-refractivity contribution in [2.75, 3.05) is 4.90 Å². The van der Waals surface area contributed by atoms with Crippen LogP contribution in [0.2, 0.25) is 0 Å². The smallest absolute Gasteiger partial charge is 0.137 e. The Kier molecular flexibility index (Phi) is 7.42. The molecule has 0 spiro atoms. The van der Waals surface area contributed by atoms with E-state index >= 15 is 0 Å². The van der Waals surface area contributed by atoms with Gasteiger partial charge in [-0.3, -0.25) is 0 Å². The first-order valence-corrected chi connectivity index (χ1v) is 22.1. The molecule has 2 aliphatic rings. The number of benzene rings is 9. The van der Waals surface area contributed by atoms with Gasteiger partial charge in [-0.05, 0) is 111 Å². The molecule has 0 atom stereocenters. The number of rotatable bonds is 5. The second-order valence-corrected chi connectivity index (χ2v) is 18.5. The fraction of sp³-hybridized carbons (Fsp3) is 0.100. The summed E-state index contributed by atoms with van der Waals surface area (Å²) in [5, 5.41) is 4.60. The standard InChI is InChI=1S/C60H44N2O/c1-59(2)47-23-12-8-19-41(47)43-31-29-38(35-49(43)59)61(39-30-32-44-42-20-9-13-24-48(42)60(3,4)50(44)36-39)52-26-16-27-53-56(52)45-21-10-14-25-51(45)62(53)58-40(37-17-6-5-7-18-37)33-34-55-57(58)46-22-11-15-28-54(46)63-55/h5-36H,1-4H3. The van der Waals surface area contributed by atoms with Gasteiger partial charge in [0.25, 0.3) is 0 Å². The summed E-state index contributed by atoms with van der Waals surface area (Å²) in [6.45, 7) is 9.50. The molecular formula is C60H44N2O. The Bertz CT molecular complexity index is 3590. The highest BCUT2D eigenvalue weighted by Gasteiger charge is 2.38. The maximum Gasteiger partial charge on any atom is 0.137 e. The van der Waals surface area contributed by atoms with E-state index < -0.39 is 0 Å². The van der Waals surface area contributed by atoms with Crippen LogP contribution < -0.4 is 4.90 Å². The minimum Gasteiger partial charge on any atom is -0.456 e. The zero-order chi connectivity index (χ0) is 42.2. The van der Waals surface area contributed by atoms with Crippen LogP contribution in [0.5, 0.6) is 0 Å². The lowest BCUT2D eigenvalue weighted by molar-refractivity contribution is 0.660. The topological polar surface area (TPSA) is 21.3 Å². The average molecular weight is 809 g/mol. The maximum absolute atomic E-state index is 6.62. The summed E-state index contributed by atoms with van der Waals surface area (Å²) in [5.74, 6) is 0. The monoisotopic (exact) mass is 808 g/mol. The fourth-order valence-electron chi connectivity index (χ4n) is 11.4. The molecule has 3 nitrogen and oxygen atoms in total. The first-order valence-electron chi connectivity index (χ1n) is 22.1. The summed E-state index contributed by atoms with van der Waals surface area (Å²) < 4.78 is 9.12. The van der Waals surface area contributed by atoms with Gasteiger partial charge in [0, 0.05) is 43.9 Å². The molecule has 9 aromatic carbocycles. The van der Waals surface area contributed by atoms with Crippen molar-refractivity contribution in [3.8, 4) is 39.1 Å². The summed E-state index contributed by atoms with van der Waals surface area (Å²) in [6.07, 6.45) is 0. The van der Waals surface area contributed by atoms with Crippen molar-refractivity contribution in [1.29, 1.82) is 0 Å². The number of para-hydroxylation sites is 2. The van der Waals surface area contributed by atoms with Crippen molar-refractivity contribution >= 4 is 60.8 Å². The zero-order valence-electron chi connectivity index (χ0n) is 35.8.